The van der Waals surface area contributed by atoms with Crippen molar-refractivity contribution in [1.82, 2.24) is 5.32 Å². The topological polar surface area (TPSA) is 257 Å². The highest BCUT2D eigenvalue weighted by atomic mass is 16.7. The molecule has 11 N–H and O–H groups in total. The SMILES string of the molecule is CC(N)=NCCCC(NC[C@@]1(O)OC[C@@H](O)[C@H](O)C1O)OC=O.OCC1OC[C@@H](O)C(O)[C@@H]1O. The summed E-state index contributed by atoms with van der Waals surface area (Å²) in [5.74, 6) is -1.65. The van der Waals surface area contributed by atoms with Crippen LogP contribution in [0.1, 0.15) is 19.8 Å². The van der Waals surface area contributed by atoms with E-state index < -0.39 is 54.7 Å². The number of carbonyl (C=O) groups is 1. The van der Waals surface area contributed by atoms with Gasteiger partial charge in [0.2, 0.25) is 5.79 Å². The summed E-state index contributed by atoms with van der Waals surface area (Å²) >= 11 is 0. The van der Waals surface area contributed by atoms with E-state index in [9.17, 15) is 25.2 Å². The lowest BCUT2D eigenvalue weighted by molar-refractivity contribution is -0.319. The number of hydrogen-bond donors (Lipinski definition) is 10. The molecule has 0 aromatic rings. The monoisotopic (exact) mass is 499 g/mol. The molecule has 34 heavy (non-hydrogen) atoms. The third-order valence-electron chi connectivity index (χ3n) is 5.26. The van der Waals surface area contributed by atoms with Gasteiger partial charge in [0, 0.05) is 6.54 Å². The van der Waals surface area contributed by atoms with E-state index in [1.807, 2.05) is 0 Å². The molecule has 0 aromatic heterocycles. The van der Waals surface area contributed by atoms with Crippen molar-refractivity contribution in [3.63, 3.8) is 0 Å². The number of ether oxygens (including phenoxy) is 3. The molecule has 2 fully saturated rings. The molecule has 0 spiro atoms. The maximum absolute atomic E-state index is 10.5. The second kappa shape index (κ2) is 14.8. The maximum atomic E-state index is 10.5. The van der Waals surface area contributed by atoms with Gasteiger partial charge in [0.25, 0.3) is 6.47 Å². The first-order valence-corrected chi connectivity index (χ1v) is 10.7. The van der Waals surface area contributed by atoms with E-state index in [-0.39, 0.29) is 32.8 Å². The van der Waals surface area contributed by atoms with E-state index in [1.165, 1.54) is 0 Å². The fourth-order valence-corrected chi connectivity index (χ4v) is 3.15. The Bertz CT molecular complexity index is 623. The van der Waals surface area contributed by atoms with Crippen LogP contribution in [0.3, 0.4) is 0 Å². The molecular formula is C19H37N3O12. The van der Waals surface area contributed by atoms with E-state index in [2.05, 4.69) is 10.3 Å². The van der Waals surface area contributed by atoms with Crippen molar-refractivity contribution in [2.75, 3.05) is 32.9 Å². The molecule has 0 aromatic carbocycles. The zero-order chi connectivity index (χ0) is 25.9. The van der Waals surface area contributed by atoms with Crippen LogP contribution in [0.15, 0.2) is 4.99 Å². The lowest BCUT2D eigenvalue weighted by Gasteiger charge is -2.42. The zero-order valence-corrected chi connectivity index (χ0v) is 18.9. The summed E-state index contributed by atoms with van der Waals surface area (Å²) in [6.45, 7) is 1.33. The Hall–Kier alpha value is -1.50. The van der Waals surface area contributed by atoms with Gasteiger partial charge < -0.3 is 60.8 Å². The largest absolute Gasteiger partial charge is 0.449 e. The molecule has 9 atom stereocenters. The van der Waals surface area contributed by atoms with Crippen molar-refractivity contribution in [2.24, 2.45) is 10.7 Å². The number of amidine groups is 1. The number of aliphatic hydroxyl groups excluding tert-OH is 7. The summed E-state index contributed by atoms with van der Waals surface area (Å²) in [7, 11) is 0. The van der Waals surface area contributed by atoms with Crippen molar-refractivity contribution in [1.29, 1.82) is 0 Å². The van der Waals surface area contributed by atoms with E-state index >= 15 is 0 Å². The number of hydrogen-bond acceptors (Lipinski definition) is 14. The van der Waals surface area contributed by atoms with E-state index in [0.29, 0.717) is 25.2 Å². The van der Waals surface area contributed by atoms with E-state index in [0.717, 1.165) is 0 Å². The van der Waals surface area contributed by atoms with Gasteiger partial charge in [0.05, 0.1) is 32.2 Å². The summed E-state index contributed by atoms with van der Waals surface area (Å²) < 4.78 is 14.6. The van der Waals surface area contributed by atoms with Crippen molar-refractivity contribution < 1.29 is 59.9 Å². The smallest absolute Gasteiger partial charge is 0.294 e. The first-order valence-electron chi connectivity index (χ1n) is 10.7. The first-order chi connectivity index (χ1) is 16.0. The molecule has 4 unspecified atom stereocenters. The van der Waals surface area contributed by atoms with Crippen LogP contribution in [-0.2, 0) is 19.0 Å². The number of aliphatic hydroxyl groups is 8. The molecule has 0 bridgehead atoms. The number of nitrogens with two attached hydrogens (primary N) is 1. The highest BCUT2D eigenvalue weighted by molar-refractivity contribution is 5.77. The van der Waals surface area contributed by atoms with Crippen LogP contribution in [-0.4, -0.2) is 141 Å². The van der Waals surface area contributed by atoms with Crippen LogP contribution in [0.2, 0.25) is 0 Å². The highest BCUT2D eigenvalue weighted by Gasteiger charge is 2.48. The first kappa shape index (κ1) is 30.5. The van der Waals surface area contributed by atoms with Crippen LogP contribution < -0.4 is 11.1 Å². The number of carbonyl (C=O) groups excluding carboxylic acids is 1. The number of nitrogens with zero attached hydrogens (tertiary/aromatic N) is 1. The molecule has 0 amide bonds. The summed E-state index contributed by atoms with van der Waals surface area (Å²) in [5, 5.41) is 77.4. The van der Waals surface area contributed by atoms with Gasteiger partial charge in [-0.1, -0.05) is 0 Å². The van der Waals surface area contributed by atoms with Crippen molar-refractivity contribution in [3.8, 4) is 0 Å². The fourth-order valence-electron chi connectivity index (χ4n) is 3.15. The minimum atomic E-state index is -2.10. The minimum Gasteiger partial charge on any atom is -0.449 e. The predicted molar refractivity (Wildman–Crippen MR) is 114 cm³/mol. The Morgan fingerprint density at radius 3 is 2.41 bits per heavy atom. The molecule has 2 rings (SSSR count). The van der Waals surface area contributed by atoms with E-state index in [1.54, 1.807) is 6.92 Å². The average Bonchev–Trinajstić information content (AvgIpc) is 2.80. The van der Waals surface area contributed by atoms with Gasteiger partial charge in [0.15, 0.2) is 6.23 Å². The highest BCUT2D eigenvalue weighted by Crippen LogP contribution is 2.23. The quantitative estimate of drug-likeness (QED) is 0.0442. The Balaban J connectivity index is 0.000000437. The molecule has 0 aliphatic carbocycles. The lowest BCUT2D eigenvalue weighted by atomic mass is 9.97. The van der Waals surface area contributed by atoms with Gasteiger partial charge in [-0.05, 0) is 19.8 Å². The second-order valence-electron chi connectivity index (χ2n) is 8.03. The van der Waals surface area contributed by atoms with Crippen LogP contribution in [0.5, 0.6) is 0 Å². The Morgan fingerprint density at radius 1 is 1.18 bits per heavy atom. The van der Waals surface area contributed by atoms with Crippen molar-refractivity contribution >= 4 is 12.3 Å². The molecule has 0 radical (unpaired) electrons. The molecule has 200 valence electrons. The van der Waals surface area contributed by atoms with Crippen LogP contribution in [0, 0.1) is 0 Å². The van der Waals surface area contributed by atoms with Crippen molar-refractivity contribution in [2.45, 2.75) is 74.5 Å². The molecule has 2 heterocycles. The molecule has 2 aliphatic rings. The Labute approximate surface area is 196 Å². The van der Waals surface area contributed by atoms with Gasteiger partial charge in [0.1, 0.15) is 42.7 Å². The van der Waals surface area contributed by atoms with Gasteiger partial charge >= 0.3 is 0 Å². The Morgan fingerprint density at radius 2 is 1.82 bits per heavy atom. The van der Waals surface area contributed by atoms with E-state index in [4.69, 9.17) is 40.4 Å². The van der Waals surface area contributed by atoms with Crippen LogP contribution in [0.4, 0.5) is 0 Å². The predicted octanol–water partition coefficient (Wildman–Crippen LogP) is -5.51. The Kier molecular flexibility index (Phi) is 13.3. The number of rotatable bonds is 10. The summed E-state index contributed by atoms with van der Waals surface area (Å²) in [6.07, 6.45) is -8.57. The summed E-state index contributed by atoms with van der Waals surface area (Å²) in [5.41, 5.74) is 5.41. The normalized spacial score (nSPS) is 37.3. The molecule has 2 saturated heterocycles. The molecule has 2 aliphatic heterocycles. The molecular weight excluding hydrogens is 462 g/mol. The molecule has 0 saturated carbocycles. The minimum absolute atomic E-state index is 0.0521. The third-order valence-corrected chi connectivity index (χ3v) is 5.26. The zero-order valence-electron chi connectivity index (χ0n) is 18.9. The van der Waals surface area contributed by atoms with Crippen molar-refractivity contribution in [3.05, 3.63) is 0 Å². The fraction of sp³-hybridized carbons (Fsp3) is 0.895. The summed E-state index contributed by atoms with van der Waals surface area (Å²) in [6, 6.07) is 0. The van der Waals surface area contributed by atoms with Crippen LogP contribution >= 0.6 is 0 Å². The van der Waals surface area contributed by atoms with Gasteiger partial charge in [-0.25, -0.2) is 0 Å². The molecule has 15 nitrogen and oxygen atoms in total. The number of nitrogens with one attached hydrogen (secondary N) is 1. The number of aliphatic imine (C=N–C) groups is 1. The van der Waals surface area contributed by atoms with Gasteiger partial charge in [-0.15, -0.1) is 0 Å². The van der Waals surface area contributed by atoms with Gasteiger partial charge in [-0.2, -0.15) is 0 Å². The van der Waals surface area contributed by atoms with Gasteiger partial charge in [-0.3, -0.25) is 15.1 Å². The third kappa shape index (κ3) is 9.27. The lowest BCUT2D eigenvalue weighted by Crippen LogP contribution is -2.65. The maximum Gasteiger partial charge on any atom is 0.294 e. The standard InChI is InChI=1S/C13H25N3O7.C6H12O5/c1-8(14)15-4-2-3-10(22-7-17)16-6-13(21)12(20)11(19)9(18)5-23-13;7-1-4-6(10)5(9)3(8)2-11-4/h7,9-12,16,18-21H,2-6H2,1H3,(H2,14,15);3-10H,1-2H2/t9-,10?,11+,12?,13-;3-,4?,5?,6-/m11/s1. The second-order valence-corrected chi connectivity index (χ2v) is 8.03. The average molecular weight is 500 g/mol. The molecule has 15 heteroatoms. The van der Waals surface area contributed by atoms with Crippen LogP contribution in [0.25, 0.3) is 0 Å². The summed E-state index contributed by atoms with van der Waals surface area (Å²) in [4.78, 5) is 14.5.